The van der Waals surface area contributed by atoms with Crippen molar-refractivity contribution >= 4 is 17.3 Å². The number of hydrogen-bond donors (Lipinski definition) is 1. The highest BCUT2D eigenvalue weighted by atomic mass is 32.1. The van der Waals surface area contributed by atoms with Crippen LogP contribution in [0.5, 0.6) is 0 Å². The summed E-state index contributed by atoms with van der Waals surface area (Å²) in [6, 6.07) is 0. The van der Waals surface area contributed by atoms with Crippen LogP contribution in [0, 0.1) is 5.92 Å². The molecule has 0 unspecified atom stereocenters. The van der Waals surface area contributed by atoms with Crippen LogP contribution in [0.3, 0.4) is 0 Å². The lowest BCUT2D eigenvalue weighted by atomic mass is 9.89. The molecule has 1 fully saturated rings. The summed E-state index contributed by atoms with van der Waals surface area (Å²) >= 11 is 5.33. The van der Waals surface area contributed by atoms with Crippen LogP contribution in [0.1, 0.15) is 45.4 Å². The summed E-state index contributed by atoms with van der Waals surface area (Å²) in [6.45, 7) is 4.29. The summed E-state index contributed by atoms with van der Waals surface area (Å²) < 4.78 is 0. The number of hydrogen-bond acceptors (Lipinski definition) is 1. The fourth-order valence-electron chi connectivity index (χ4n) is 2.21. The van der Waals surface area contributed by atoms with Crippen molar-refractivity contribution in [2.45, 2.75) is 45.4 Å². The van der Waals surface area contributed by atoms with Crippen molar-refractivity contribution < 1.29 is 0 Å². The summed E-state index contributed by atoms with van der Waals surface area (Å²) in [6.07, 6.45) is 8.17. The first-order valence-electron chi connectivity index (χ1n) is 6.23. The van der Waals surface area contributed by atoms with E-state index in [1.165, 1.54) is 32.1 Å². The fourth-order valence-corrected chi connectivity index (χ4v) is 2.38. The van der Waals surface area contributed by atoms with Crippen molar-refractivity contribution in [1.82, 2.24) is 10.2 Å². The van der Waals surface area contributed by atoms with Gasteiger partial charge in [-0.15, -0.1) is 0 Å². The van der Waals surface area contributed by atoms with Gasteiger partial charge in [0.25, 0.3) is 0 Å². The van der Waals surface area contributed by atoms with Gasteiger partial charge in [-0.1, -0.05) is 26.2 Å². The van der Waals surface area contributed by atoms with E-state index in [4.69, 9.17) is 12.2 Å². The lowest BCUT2D eigenvalue weighted by Crippen LogP contribution is -2.40. The Bertz CT molecular complexity index is 188. The molecule has 15 heavy (non-hydrogen) atoms. The van der Waals surface area contributed by atoms with Crippen molar-refractivity contribution in [3.8, 4) is 0 Å². The lowest BCUT2D eigenvalue weighted by Gasteiger charge is -2.28. The molecule has 1 N–H and O–H groups in total. The average molecular weight is 228 g/mol. The third-order valence-electron chi connectivity index (χ3n) is 3.13. The van der Waals surface area contributed by atoms with Crippen LogP contribution in [-0.4, -0.2) is 30.1 Å². The van der Waals surface area contributed by atoms with Gasteiger partial charge in [0.1, 0.15) is 0 Å². The van der Waals surface area contributed by atoms with E-state index in [0.717, 1.165) is 30.5 Å². The molecule has 0 spiro atoms. The lowest BCUT2D eigenvalue weighted by molar-refractivity contribution is 0.295. The molecule has 1 aliphatic rings. The van der Waals surface area contributed by atoms with Gasteiger partial charge < -0.3 is 10.2 Å². The second-order valence-electron chi connectivity index (χ2n) is 4.62. The molecule has 1 saturated carbocycles. The van der Waals surface area contributed by atoms with Crippen LogP contribution in [0.4, 0.5) is 0 Å². The summed E-state index contributed by atoms with van der Waals surface area (Å²) in [5.74, 6) is 0.866. The van der Waals surface area contributed by atoms with E-state index in [-0.39, 0.29) is 0 Å². The Morgan fingerprint density at radius 3 is 2.60 bits per heavy atom. The number of thiocarbonyl (C=S) groups is 1. The number of nitrogens with one attached hydrogen (secondary N) is 1. The number of nitrogens with zero attached hydrogens (tertiary/aromatic N) is 1. The van der Waals surface area contributed by atoms with Crippen LogP contribution in [0.15, 0.2) is 0 Å². The third-order valence-corrected chi connectivity index (χ3v) is 3.59. The second-order valence-corrected chi connectivity index (χ2v) is 5.00. The smallest absolute Gasteiger partial charge is 0.168 e. The summed E-state index contributed by atoms with van der Waals surface area (Å²) in [7, 11) is 2.11. The molecule has 0 aliphatic heterocycles. The molecule has 0 aromatic rings. The maximum Gasteiger partial charge on any atom is 0.168 e. The Balaban J connectivity index is 2.20. The van der Waals surface area contributed by atoms with Crippen LogP contribution < -0.4 is 5.32 Å². The first-order valence-corrected chi connectivity index (χ1v) is 6.63. The van der Waals surface area contributed by atoms with E-state index in [0.29, 0.717) is 0 Å². The Kier molecular flexibility index (Phi) is 5.99. The molecule has 1 rings (SSSR count). The molecule has 0 saturated heterocycles. The van der Waals surface area contributed by atoms with Crippen molar-refractivity contribution in [1.29, 1.82) is 0 Å². The fraction of sp³-hybridized carbons (Fsp3) is 0.917. The van der Waals surface area contributed by atoms with Gasteiger partial charge in [0.2, 0.25) is 0 Å². The van der Waals surface area contributed by atoms with Crippen LogP contribution in [0.2, 0.25) is 0 Å². The molecular formula is C12H24N2S. The Morgan fingerprint density at radius 2 is 2.00 bits per heavy atom. The molecule has 2 nitrogen and oxygen atoms in total. The highest BCUT2D eigenvalue weighted by Gasteiger charge is 2.16. The SMILES string of the molecule is CCCNC(=S)N(C)CC1CCCCC1. The minimum Gasteiger partial charge on any atom is -0.363 e. The molecule has 88 valence electrons. The van der Waals surface area contributed by atoms with Crippen molar-refractivity contribution in [2.24, 2.45) is 5.92 Å². The van der Waals surface area contributed by atoms with Gasteiger partial charge in [-0.05, 0) is 37.4 Å². The second kappa shape index (κ2) is 7.04. The summed E-state index contributed by atoms with van der Waals surface area (Å²) in [5.41, 5.74) is 0. The van der Waals surface area contributed by atoms with Gasteiger partial charge in [0, 0.05) is 20.1 Å². The standard InChI is InChI=1S/C12H24N2S/c1-3-9-13-12(15)14(2)10-11-7-5-4-6-8-11/h11H,3-10H2,1-2H3,(H,13,15). The summed E-state index contributed by atoms with van der Waals surface area (Å²) in [5, 5.41) is 4.20. The number of rotatable bonds is 4. The van der Waals surface area contributed by atoms with Crippen LogP contribution in [0.25, 0.3) is 0 Å². The minimum absolute atomic E-state index is 0.866. The van der Waals surface area contributed by atoms with Crippen LogP contribution in [-0.2, 0) is 0 Å². The van der Waals surface area contributed by atoms with E-state index >= 15 is 0 Å². The Morgan fingerprint density at radius 1 is 1.33 bits per heavy atom. The Hall–Kier alpha value is -0.310. The van der Waals surface area contributed by atoms with Gasteiger partial charge in [-0.2, -0.15) is 0 Å². The molecule has 3 heteroatoms. The van der Waals surface area contributed by atoms with Gasteiger partial charge >= 0.3 is 0 Å². The molecule has 1 aliphatic carbocycles. The summed E-state index contributed by atoms with van der Waals surface area (Å²) in [4.78, 5) is 2.21. The maximum absolute atomic E-state index is 5.33. The predicted octanol–water partition coefficient (Wildman–Crippen LogP) is 2.78. The molecule has 0 aromatic carbocycles. The maximum atomic E-state index is 5.33. The zero-order valence-electron chi connectivity index (χ0n) is 10.1. The largest absolute Gasteiger partial charge is 0.363 e. The predicted molar refractivity (Wildman–Crippen MR) is 70.1 cm³/mol. The Labute approximate surface area is 99.4 Å². The van der Waals surface area contributed by atoms with E-state index < -0.39 is 0 Å². The molecule has 0 atom stereocenters. The zero-order chi connectivity index (χ0) is 11.1. The zero-order valence-corrected chi connectivity index (χ0v) is 10.9. The van der Waals surface area contributed by atoms with E-state index in [2.05, 4.69) is 24.2 Å². The monoisotopic (exact) mass is 228 g/mol. The van der Waals surface area contributed by atoms with Crippen molar-refractivity contribution in [3.05, 3.63) is 0 Å². The van der Waals surface area contributed by atoms with E-state index in [1.54, 1.807) is 0 Å². The van der Waals surface area contributed by atoms with E-state index in [1.807, 2.05) is 0 Å². The molecule has 0 heterocycles. The highest BCUT2D eigenvalue weighted by molar-refractivity contribution is 7.80. The quantitative estimate of drug-likeness (QED) is 0.745. The van der Waals surface area contributed by atoms with Gasteiger partial charge in [0.15, 0.2) is 5.11 Å². The minimum atomic E-state index is 0.866. The van der Waals surface area contributed by atoms with Crippen molar-refractivity contribution in [3.63, 3.8) is 0 Å². The first-order chi connectivity index (χ1) is 7.24. The molecular weight excluding hydrogens is 204 g/mol. The van der Waals surface area contributed by atoms with E-state index in [9.17, 15) is 0 Å². The third kappa shape index (κ3) is 4.83. The molecule has 0 amide bonds. The topological polar surface area (TPSA) is 15.3 Å². The van der Waals surface area contributed by atoms with Gasteiger partial charge in [0.05, 0.1) is 0 Å². The average Bonchev–Trinajstić information content (AvgIpc) is 2.27. The molecule has 0 radical (unpaired) electrons. The molecule has 0 aromatic heterocycles. The van der Waals surface area contributed by atoms with Gasteiger partial charge in [-0.3, -0.25) is 0 Å². The normalized spacial score (nSPS) is 17.5. The molecule has 0 bridgehead atoms. The van der Waals surface area contributed by atoms with Crippen LogP contribution >= 0.6 is 12.2 Å². The van der Waals surface area contributed by atoms with Gasteiger partial charge in [-0.25, -0.2) is 0 Å². The van der Waals surface area contributed by atoms with Crippen molar-refractivity contribution in [2.75, 3.05) is 20.1 Å². The first kappa shape index (κ1) is 12.8. The highest BCUT2D eigenvalue weighted by Crippen LogP contribution is 2.23.